The van der Waals surface area contributed by atoms with E-state index >= 15 is 0 Å². The van der Waals surface area contributed by atoms with Crippen LogP contribution >= 0.6 is 39.1 Å². The van der Waals surface area contributed by atoms with Crippen LogP contribution in [-0.4, -0.2) is 9.97 Å². The first-order valence-electron chi connectivity index (χ1n) is 5.87. The van der Waals surface area contributed by atoms with E-state index in [1.807, 2.05) is 0 Å². The van der Waals surface area contributed by atoms with Crippen molar-refractivity contribution in [3.8, 4) is 11.6 Å². The highest BCUT2D eigenvalue weighted by molar-refractivity contribution is 9.10. The Balaban J connectivity index is 2.10. The molecule has 0 spiro atoms. The van der Waals surface area contributed by atoms with Crippen LogP contribution in [0.4, 0.5) is 5.69 Å². The number of rotatable bonds is 2. The second-order valence-electron chi connectivity index (χ2n) is 4.25. The van der Waals surface area contributed by atoms with Crippen LogP contribution in [0.3, 0.4) is 0 Å². The minimum Gasteiger partial charge on any atom is -0.437 e. The molecule has 3 rings (SSSR count). The van der Waals surface area contributed by atoms with Gasteiger partial charge >= 0.3 is 0 Å². The number of hydrogen-bond acceptors (Lipinski definition) is 4. The molecule has 1 heterocycles. The minimum atomic E-state index is 0.368. The molecule has 106 valence electrons. The second kappa shape index (κ2) is 5.67. The maximum absolute atomic E-state index is 6.15. The molecule has 7 heteroatoms. The summed E-state index contributed by atoms with van der Waals surface area (Å²) in [5, 5.41) is 1.61. The van der Waals surface area contributed by atoms with Gasteiger partial charge in [0.05, 0.1) is 20.9 Å². The van der Waals surface area contributed by atoms with Crippen LogP contribution in [0.25, 0.3) is 10.9 Å². The van der Waals surface area contributed by atoms with E-state index in [9.17, 15) is 0 Å². The number of halogens is 3. The summed E-state index contributed by atoms with van der Waals surface area (Å²) in [5.74, 6) is 0.778. The predicted octanol–water partition coefficient (Wildman–Crippen LogP) is 5.07. The molecule has 0 aliphatic heterocycles. The van der Waals surface area contributed by atoms with Gasteiger partial charge in [-0.15, -0.1) is 0 Å². The molecule has 0 aliphatic rings. The number of aromatic nitrogens is 2. The van der Waals surface area contributed by atoms with E-state index < -0.39 is 0 Å². The number of anilines is 1. The van der Waals surface area contributed by atoms with Crippen LogP contribution in [0, 0.1) is 0 Å². The fourth-order valence-electron chi connectivity index (χ4n) is 1.82. The summed E-state index contributed by atoms with van der Waals surface area (Å²) in [6, 6.07) is 8.60. The molecule has 0 radical (unpaired) electrons. The molecule has 1 aromatic heterocycles. The van der Waals surface area contributed by atoms with Gasteiger partial charge in [0.15, 0.2) is 0 Å². The Hall–Kier alpha value is -1.56. The van der Waals surface area contributed by atoms with Crippen molar-refractivity contribution in [3.63, 3.8) is 0 Å². The highest BCUT2D eigenvalue weighted by Gasteiger charge is 2.11. The smallest absolute Gasteiger partial charge is 0.230 e. The Morgan fingerprint density at radius 2 is 1.86 bits per heavy atom. The van der Waals surface area contributed by atoms with Gasteiger partial charge in [-0.3, -0.25) is 0 Å². The summed E-state index contributed by atoms with van der Waals surface area (Å²) in [6.07, 6.45) is 1.42. The van der Waals surface area contributed by atoms with Gasteiger partial charge in [-0.1, -0.05) is 23.2 Å². The van der Waals surface area contributed by atoms with Crippen molar-refractivity contribution in [3.05, 3.63) is 51.2 Å². The van der Waals surface area contributed by atoms with Gasteiger partial charge in [0.25, 0.3) is 0 Å². The molecule has 3 aromatic rings. The molecule has 4 nitrogen and oxygen atoms in total. The van der Waals surface area contributed by atoms with Gasteiger partial charge < -0.3 is 10.5 Å². The van der Waals surface area contributed by atoms with E-state index in [1.165, 1.54) is 6.33 Å². The molecular formula is C14H8BrCl2N3O. The van der Waals surface area contributed by atoms with Crippen molar-refractivity contribution in [2.24, 2.45) is 0 Å². The lowest BCUT2D eigenvalue weighted by molar-refractivity contribution is 0.468. The van der Waals surface area contributed by atoms with Crippen molar-refractivity contribution < 1.29 is 4.74 Å². The van der Waals surface area contributed by atoms with Crippen LogP contribution in [0.2, 0.25) is 10.0 Å². The monoisotopic (exact) mass is 383 g/mol. The first kappa shape index (κ1) is 14.4. The van der Waals surface area contributed by atoms with Crippen molar-refractivity contribution in [2.75, 3.05) is 5.73 Å². The van der Waals surface area contributed by atoms with Gasteiger partial charge in [-0.2, -0.15) is 0 Å². The second-order valence-corrected chi connectivity index (χ2v) is 5.92. The maximum atomic E-state index is 6.15. The van der Waals surface area contributed by atoms with E-state index in [1.54, 1.807) is 30.3 Å². The van der Waals surface area contributed by atoms with Crippen molar-refractivity contribution in [1.82, 2.24) is 9.97 Å². The zero-order valence-electron chi connectivity index (χ0n) is 10.5. The summed E-state index contributed by atoms with van der Waals surface area (Å²) < 4.78 is 6.46. The number of ether oxygens (including phenoxy) is 1. The highest BCUT2D eigenvalue weighted by Crippen LogP contribution is 2.37. The number of nitrogens with zero attached hydrogens (tertiary/aromatic N) is 2. The SMILES string of the molecule is Nc1ccc2ncnc(Oc3cc(Cl)c(Br)cc3Cl)c2c1. The van der Waals surface area contributed by atoms with Crippen LogP contribution in [0.15, 0.2) is 41.1 Å². The topological polar surface area (TPSA) is 61.0 Å². The molecular weight excluding hydrogens is 377 g/mol. The molecule has 2 aromatic carbocycles. The Kier molecular flexibility index (Phi) is 3.89. The molecule has 0 unspecified atom stereocenters. The molecule has 2 N–H and O–H groups in total. The van der Waals surface area contributed by atoms with E-state index in [0.717, 1.165) is 5.52 Å². The third-order valence-corrected chi connectivity index (χ3v) is 4.30. The summed E-state index contributed by atoms with van der Waals surface area (Å²) >= 11 is 15.5. The van der Waals surface area contributed by atoms with Gasteiger partial charge in [0.1, 0.15) is 12.1 Å². The molecule has 0 aliphatic carbocycles. The number of hydrogen-bond donors (Lipinski definition) is 1. The fourth-order valence-corrected chi connectivity index (χ4v) is 2.65. The van der Waals surface area contributed by atoms with E-state index in [2.05, 4.69) is 25.9 Å². The number of nitrogen functional groups attached to an aromatic ring is 1. The van der Waals surface area contributed by atoms with Gasteiger partial charge in [-0.05, 0) is 40.2 Å². The third-order valence-electron chi connectivity index (χ3n) is 2.80. The normalized spacial score (nSPS) is 10.8. The number of fused-ring (bicyclic) bond motifs is 1. The lowest BCUT2D eigenvalue weighted by Gasteiger charge is -2.10. The average molecular weight is 385 g/mol. The summed E-state index contributed by atoms with van der Waals surface area (Å²) in [7, 11) is 0. The quantitative estimate of drug-likeness (QED) is 0.494. The Morgan fingerprint density at radius 1 is 1.05 bits per heavy atom. The van der Waals surface area contributed by atoms with Gasteiger partial charge in [0.2, 0.25) is 5.88 Å². The molecule has 0 amide bonds. The van der Waals surface area contributed by atoms with E-state index in [0.29, 0.717) is 37.2 Å². The van der Waals surface area contributed by atoms with Crippen molar-refractivity contribution in [1.29, 1.82) is 0 Å². The minimum absolute atomic E-state index is 0.368. The highest BCUT2D eigenvalue weighted by atomic mass is 79.9. The van der Waals surface area contributed by atoms with Crippen LogP contribution in [0.5, 0.6) is 11.6 Å². The van der Waals surface area contributed by atoms with E-state index in [-0.39, 0.29) is 0 Å². The Morgan fingerprint density at radius 3 is 2.67 bits per heavy atom. The van der Waals surface area contributed by atoms with E-state index in [4.69, 9.17) is 33.7 Å². The predicted molar refractivity (Wildman–Crippen MR) is 88.2 cm³/mol. The third kappa shape index (κ3) is 2.90. The molecule has 0 fully saturated rings. The molecule has 0 bridgehead atoms. The Labute approximate surface area is 139 Å². The van der Waals surface area contributed by atoms with Crippen molar-refractivity contribution in [2.45, 2.75) is 0 Å². The largest absolute Gasteiger partial charge is 0.437 e. The lowest BCUT2D eigenvalue weighted by atomic mass is 10.2. The first-order valence-corrected chi connectivity index (χ1v) is 7.42. The molecule has 0 saturated heterocycles. The first-order chi connectivity index (χ1) is 10.0. The number of nitrogens with two attached hydrogens (primary N) is 1. The van der Waals surface area contributed by atoms with Crippen LogP contribution in [-0.2, 0) is 0 Å². The average Bonchev–Trinajstić information content (AvgIpc) is 2.45. The summed E-state index contributed by atoms with van der Waals surface area (Å²) in [6.45, 7) is 0. The van der Waals surface area contributed by atoms with Crippen LogP contribution < -0.4 is 10.5 Å². The zero-order valence-corrected chi connectivity index (χ0v) is 13.6. The standard InChI is InChI=1S/C14H8BrCl2N3O/c15-9-4-11(17)13(5-10(9)16)21-14-8-3-7(18)1-2-12(8)19-6-20-14/h1-6H,18H2. The molecule has 0 atom stereocenters. The molecule has 0 saturated carbocycles. The lowest BCUT2D eigenvalue weighted by Crippen LogP contribution is -1.93. The fraction of sp³-hybridized carbons (Fsp3) is 0. The summed E-state index contributed by atoms with van der Waals surface area (Å²) in [4.78, 5) is 8.30. The summed E-state index contributed by atoms with van der Waals surface area (Å²) in [5.41, 5.74) is 7.12. The van der Waals surface area contributed by atoms with Gasteiger partial charge in [0, 0.05) is 16.2 Å². The number of benzene rings is 2. The van der Waals surface area contributed by atoms with Crippen LogP contribution in [0.1, 0.15) is 0 Å². The Bertz CT molecular complexity index is 842. The van der Waals surface area contributed by atoms with Gasteiger partial charge in [-0.25, -0.2) is 9.97 Å². The zero-order chi connectivity index (χ0) is 15.0. The maximum Gasteiger partial charge on any atom is 0.230 e. The van der Waals surface area contributed by atoms with Crippen molar-refractivity contribution >= 4 is 55.7 Å². The molecule has 21 heavy (non-hydrogen) atoms.